The van der Waals surface area contributed by atoms with Gasteiger partial charge in [-0.3, -0.25) is 4.79 Å². The third kappa shape index (κ3) is 4.03. The first-order valence-corrected chi connectivity index (χ1v) is 9.27. The van der Waals surface area contributed by atoms with E-state index in [1.54, 1.807) is 4.52 Å². The fraction of sp³-hybridized carbons (Fsp3) is 0.136. The van der Waals surface area contributed by atoms with Crippen molar-refractivity contribution in [3.63, 3.8) is 0 Å². The van der Waals surface area contributed by atoms with Gasteiger partial charge in [-0.1, -0.05) is 12.1 Å². The van der Waals surface area contributed by atoms with Crippen LogP contribution in [-0.4, -0.2) is 34.6 Å². The van der Waals surface area contributed by atoms with Crippen LogP contribution in [0.1, 0.15) is 6.92 Å². The predicted molar refractivity (Wildman–Crippen MR) is 117 cm³/mol. The third-order valence-electron chi connectivity index (χ3n) is 4.52. The van der Waals surface area contributed by atoms with Crippen LogP contribution >= 0.6 is 0 Å². The van der Waals surface area contributed by atoms with Crippen LogP contribution in [0, 0.1) is 0 Å². The summed E-state index contributed by atoms with van der Waals surface area (Å²) in [7, 11) is 4.05. The average molecular weight is 386 g/mol. The number of hydrogen-bond acceptors (Lipinski definition) is 5. The second kappa shape index (κ2) is 7.63. The van der Waals surface area contributed by atoms with E-state index < -0.39 is 0 Å². The van der Waals surface area contributed by atoms with Gasteiger partial charge in [0.05, 0.1) is 0 Å². The Morgan fingerprint density at radius 2 is 1.66 bits per heavy atom. The molecule has 0 saturated heterocycles. The molecule has 0 saturated carbocycles. The Morgan fingerprint density at radius 1 is 0.966 bits per heavy atom. The minimum atomic E-state index is -0.0983. The first-order valence-electron chi connectivity index (χ1n) is 9.27. The van der Waals surface area contributed by atoms with E-state index in [1.165, 1.54) is 6.92 Å². The maximum atomic E-state index is 11.1. The van der Waals surface area contributed by atoms with E-state index in [-0.39, 0.29) is 5.91 Å². The number of rotatable bonds is 5. The fourth-order valence-corrected chi connectivity index (χ4v) is 3.09. The lowest BCUT2D eigenvalue weighted by atomic mass is 10.1. The summed E-state index contributed by atoms with van der Waals surface area (Å²) in [6.07, 6.45) is 1.88. The van der Waals surface area contributed by atoms with Crippen LogP contribution in [0.3, 0.4) is 0 Å². The number of amides is 1. The molecule has 0 aliphatic carbocycles. The molecule has 0 bridgehead atoms. The fourth-order valence-electron chi connectivity index (χ4n) is 3.09. The van der Waals surface area contributed by atoms with E-state index in [0.717, 1.165) is 33.8 Å². The smallest absolute Gasteiger partial charge is 0.247 e. The van der Waals surface area contributed by atoms with Gasteiger partial charge in [-0.2, -0.15) is 4.98 Å². The molecule has 4 aromatic rings. The monoisotopic (exact) mass is 386 g/mol. The Bertz CT molecular complexity index is 1150. The highest BCUT2D eigenvalue weighted by molar-refractivity contribution is 5.88. The van der Waals surface area contributed by atoms with Gasteiger partial charge in [0.15, 0.2) is 5.65 Å². The molecular formula is C22H22N6O. The lowest BCUT2D eigenvalue weighted by Gasteiger charge is -2.12. The summed E-state index contributed by atoms with van der Waals surface area (Å²) in [5.74, 6) is 0.411. The van der Waals surface area contributed by atoms with Gasteiger partial charge in [-0.05, 0) is 54.1 Å². The average Bonchev–Trinajstić information content (AvgIpc) is 3.11. The molecule has 1 amide bonds. The van der Waals surface area contributed by atoms with Gasteiger partial charge in [0, 0.05) is 49.8 Å². The van der Waals surface area contributed by atoms with Crippen LogP contribution < -0.4 is 15.5 Å². The highest BCUT2D eigenvalue weighted by atomic mass is 16.1. The van der Waals surface area contributed by atoms with Gasteiger partial charge in [0.25, 0.3) is 0 Å². The highest BCUT2D eigenvalue weighted by Crippen LogP contribution is 2.27. The number of nitrogens with zero attached hydrogens (tertiary/aromatic N) is 4. The molecule has 0 aliphatic rings. The lowest BCUT2D eigenvalue weighted by molar-refractivity contribution is -0.114. The van der Waals surface area contributed by atoms with Crippen LogP contribution in [0.15, 0.2) is 66.9 Å². The molecule has 2 aromatic carbocycles. The number of benzene rings is 2. The van der Waals surface area contributed by atoms with Gasteiger partial charge in [-0.15, -0.1) is 5.10 Å². The van der Waals surface area contributed by atoms with Crippen molar-refractivity contribution in [1.82, 2.24) is 14.6 Å². The van der Waals surface area contributed by atoms with Crippen LogP contribution in [0.5, 0.6) is 0 Å². The number of pyridine rings is 1. The van der Waals surface area contributed by atoms with Crippen molar-refractivity contribution in [3.05, 3.63) is 66.9 Å². The van der Waals surface area contributed by atoms with Gasteiger partial charge < -0.3 is 15.5 Å². The standard InChI is InChI=1S/C22H22N6O/c1-15(29)23-17-8-10-18(11-9-17)24-22-25-21-20(5-4-14-28(21)26-22)16-6-12-19(13-7-16)27(2)3/h4-14H,1-3H3,(H,23,29)(H,24,26). The summed E-state index contributed by atoms with van der Waals surface area (Å²) < 4.78 is 1.77. The van der Waals surface area contributed by atoms with Crippen LogP contribution in [-0.2, 0) is 4.79 Å². The Morgan fingerprint density at radius 3 is 2.31 bits per heavy atom. The van der Waals surface area contributed by atoms with E-state index >= 15 is 0 Å². The van der Waals surface area contributed by atoms with E-state index in [0.29, 0.717) is 5.95 Å². The number of anilines is 4. The largest absolute Gasteiger partial charge is 0.378 e. The van der Waals surface area contributed by atoms with Gasteiger partial charge in [-0.25, -0.2) is 4.52 Å². The zero-order valence-electron chi connectivity index (χ0n) is 16.5. The van der Waals surface area contributed by atoms with Gasteiger partial charge in [0.1, 0.15) is 0 Å². The van der Waals surface area contributed by atoms with Crippen LogP contribution in [0.2, 0.25) is 0 Å². The van der Waals surface area contributed by atoms with E-state index in [9.17, 15) is 4.79 Å². The van der Waals surface area contributed by atoms with Gasteiger partial charge in [0.2, 0.25) is 11.9 Å². The molecule has 7 nitrogen and oxygen atoms in total. The summed E-state index contributed by atoms with van der Waals surface area (Å²) in [5.41, 5.74) is 5.61. The first-order chi connectivity index (χ1) is 14.0. The quantitative estimate of drug-likeness (QED) is 0.539. The summed E-state index contributed by atoms with van der Waals surface area (Å²) >= 11 is 0. The van der Waals surface area contributed by atoms with Crippen molar-refractivity contribution >= 4 is 34.6 Å². The zero-order valence-corrected chi connectivity index (χ0v) is 16.5. The van der Waals surface area contributed by atoms with E-state index in [2.05, 4.69) is 49.9 Å². The molecule has 2 N–H and O–H groups in total. The molecule has 4 rings (SSSR count). The topological polar surface area (TPSA) is 74.6 Å². The number of fused-ring (bicyclic) bond motifs is 1. The van der Waals surface area contributed by atoms with Crippen LogP contribution in [0.4, 0.5) is 23.0 Å². The van der Waals surface area contributed by atoms with Crippen molar-refractivity contribution in [2.75, 3.05) is 29.6 Å². The van der Waals surface area contributed by atoms with E-state index in [4.69, 9.17) is 0 Å². The van der Waals surface area contributed by atoms with E-state index in [1.807, 2.05) is 56.7 Å². The van der Waals surface area contributed by atoms with Gasteiger partial charge >= 0.3 is 0 Å². The molecule has 7 heteroatoms. The number of carbonyl (C=O) groups is 1. The Hall–Kier alpha value is -3.87. The second-order valence-corrected chi connectivity index (χ2v) is 6.95. The Labute approximate surface area is 169 Å². The maximum absolute atomic E-state index is 11.1. The summed E-state index contributed by atoms with van der Waals surface area (Å²) in [5, 5.41) is 10.5. The molecule has 2 aromatic heterocycles. The molecule has 0 spiro atoms. The Kier molecular flexibility index (Phi) is 4.87. The maximum Gasteiger partial charge on any atom is 0.247 e. The minimum Gasteiger partial charge on any atom is -0.378 e. The number of hydrogen-bond donors (Lipinski definition) is 2. The molecule has 0 aliphatic heterocycles. The Balaban J connectivity index is 1.61. The zero-order chi connectivity index (χ0) is 20.4. The molecular weight excluding hydrogens is 364 g/mol. The number of aromatic nitrogens is 3. The molecule has 29 heavy (non-hydrogen) atoms. The normalized spacial score (nSPS) is 10.7. The predicted octanol–water partition coefficient (Wildman–Crippen LogP) is 4.16. The summed E-state index contributed by atoms with van der Waals surface area (Å²) in [6.45, 7) is 1.48. The number of carbonyl (C=O) groups excluding carboxylic acids is 1. The minimum absolute atomic E-state index is 0.0983. The van der Waals surface area contributed by atoms with Crippen molar-refractivity contribution in [2.24, 2.45) is 0 Å². The highest BCUT2D eigenvalue weighted by Gasteiger charge is 2.10. The SMILES string of the molecule is CC(=O)Nc1ccc(Nc2nc3c(-c4ccc(N(C)C)cc4)cccn3n2)cc1. The molecule has 0 radical (unpaired) electrons. The molecule has 0 unspecified atom stereocenters. The molecule has 0 fully saturated rings. The molecule has 0 atom stereocenters. The van der Waals surface area contributed by atoms with Crippen LogP contribution in [0.25, 0.3) is 16.8 Å². The molecule has 146 valence electrons. The number of nitrogens with one attached hydrogen (secondary N) is 2. The second-order valence-electron chi connectivity index (χ2n) is 6.95. The summed E-state index contributed by atoms with van der Waals surface area (Å²) in [4.78, 5) is 17.9. The van der Waals surface area contributed by atoms with Crippen molar-refractivity contribution in [3.8, 4) is 11.1 Å². The summed E-state index contributed by atoms with van der Waals surface area (Å²) in [6, 6.07) is 19.8. The first kappa shape index (κ1) is 18.5. The lowest BCUT2D eigenvalue weighted by Crippen LogP contribution is -2.07. The third-order valence-corrected chi connectivity index (χ3v) is 4.52. The van der Waals surface area contributed by atoms with Crippen molar-refractivity contribution in [1.29, 1.82) is 0 Å². The van der Waals surface area contributed by atoms with Crippen molar-refractivity contribution < 1.29 is 4.79 Å². The van der Waals surface area contributed by atoms with Crippen molar-refractivity contribution in [2.45, 2.75) is 6.92 Å². The molecule has 2 heterocycles.